The van der Waals surface area contributed by atoms with Gasteiger partial charge < -0.3 is 5.11 Å². The first kappa shape index (κ1) is 19.9. The van der Waals surface area contributed by atoms with Gasteiger partial charge in [-0.1, -0.05) is 24.3 Å². The van der Waals surface area contributed by atoms with E-state index in [0.29, 0.717) is 16.7 Å². The van der Waals surface area contributed by atoms with E-state index in [1.165, 1.54) is 30.6 Å². The number of carbonyl (C=O) groups excluding carboxylic acids is 1. The van der Waals surface area contributed by atoms with E-state index in [0.717, 1.165) is 6.26 Å². The summed E-state index contributed by atoms with van der Waals surface area (Å²) in [5, 5.41) is 18.1. The predicted octanol–water partition coefficient (Wildman–Crippen LogP) is 2.44. The van der Waals surface area contributed by atoms with E-state index >= 15 is 0 Å². The summed E-state index contributed by atoms with van der Waals surface area (Å²) in [6.07, 6.45) is 0.927. The molecule has 0 aliphatic rings. The molecule has 1 amide bonds. The quantitative estimate of drug-likeness (QED) is 0.527. The summed E-state index contributed by atoms with van der Waals surface area (Å²) in [7, 11) is -3.80. The van der Waals surface area contributed by atoms with Crippen LogP contribution in [0.4, 0.5) is 4.39 Å². The van der Waals surface area contributed by atoms with Crippen molar-refractivity contribution in [1.82, 2.24) is 5.48 Å². The minimum absolute atomic E-state index is 0.0769. The van der Waals surface area contributed by atoms with Gasteiger partial charge in [-0.15, -0.1) is 0 Å². The average Bonchev–Trinajstić information content (AvgIpc) is 2.59. The first-order valence-corrected chi connectivity index (χ1v) is 9.69. The smallest absolute Gasteiger partial charge is 0.264 e. The number of benzene rings is 2. The summed E-state index contributed by atoms with van der Waals surface area (Å²) in [5.74, 6) is -1.45. The zero-order valence-corrected chi connectivity index (χ0v) is 15.2. The molecule has 0 aromatic heterocycles. The molecule has 6 nitrogen and oxygen atoms in total. The molecule has 1 unspecified atom stereocenters. The van der Waals surface area contributed by atoms with E-state index in [9.17, 15) is 22.7 Å². The predicted molar refractivity (Wildman–Crippen MR) is 95.0 cm³/mol. The molecule has 2 rings (SSSR count). The van der Waals surface area contributed by atoms with Crippen LogP contribution in [0.25, 0.3) is 11.1 Å². The summed E-state index contributed by atoms with van der Waals surface area (Å²) in [6.45, 7) is 1.22. The molecule has 0 saturated heterocycles. The molecular weight excluding hydrogens is 361 g/mol. The van der Waals surface area contributed by atoms with E-state index in [4.69, 9.17) is 5.21 Å². The molecule has 0 aliphatic heterocycles. The zero-order chi connectivity index (χ0) is 19.5. The molecular formula is C18H20FNO5S. The molecule has 2 aromatic carbocycles. The normalized spacial score (nSPS) is 13.8. The number of amides is 1. The van der Waals surface area contributed by atoms with Gasteiger partial charge in [0, 0.05) is 11.8 Å². The molecule has 8 heteroatoms. The van der Waals surface area contributed by atoms with Crippen molar-refractivity contribution in [3.8, 4) is 16.9 Å². The minimum Gasteiger partial charge on any atom is -0.508 e. The van der Waals surface area contributed by atoms with E-state index in [-0.39, 0.29) is 18.6 Å². The van der Waals surface area contributed by atoms with Gasteiger partial charge in [-0.2, -0.15) is 0 Å². The van der Waals surface area contributed by atoms with Crippen molar-refractivity contribution in [3.05, 3.63) is 53.8 Å². The van der Waals surface area contributed by atoms with Crippen molar-refractivity contribution in [2.75, 3.05) is 6.26 Å². The fraction of sp³-hybridized carbons (Fsp3) is 0.278. The van der Waals surface area contributed by atoms with Crippen molar-refractivity contribution >= 4 is 15.7 Å². The van der Waals surface area contributed by atoms with Crippen LogP contribution in [0.15, 0.2) is 42.5 Å². The van der Waals surface area contributed by atoms with Crippen LogP contribution in [0.1, 0.15) is 18.9 Å². The summed E-state index contributed by atoms with van der Waals surface area (Å²) in [5.41, 5.74) is 2.83. The Bertz CT molecular complexity index is 912. The van der Waals surface area contributed by atoms with E-state index in [2.05, 4.69) is 0 Å². The molecule has 2 aromatic rings. The van der Waals surface area contributed by atoms with Crippen LogP contribution in [0.2, 0.25) is 0 Å². The summed E-state index contributed by atoms with van der Waals surface area (Å²) >= 11 is 0. The number of phenols is 1. The lowest BCUT2D eigenvalue weighted by Crippen LogP contribution is -2.49. The van der Waals surface area contributed by atoms with Gasteiger partial charge in [0.25, 0.3) is 5.91 Å². The van der Waals surface area contributed by atoms with Gasteiger partial charge >= 0.3 is 0 Å². The number of halogens is 1. The molecule has 0 fully saturated rings. The van der Waals surface area contributed by atoms with Crippen LogP contribution in [0.3, 0.4) is 0 Å². The maximum Gasteiger partial charge on any atom is 0.264 e. The van der Waals surface area contributed by atoms with Gasteiger partial charge in [0.05, 0.1) is 0 Å². The van der Waals surface area contributed by atoms with Crippen LogP contribution < -0.4 is 5.48 Å². The third-order valence-corrected chi connectivity index (χ3v) is 6.53. The number of sulfone groups is 1. The van der Waals surface area contributed by atoms with E-state index < -0.39 is 26.3 Å². The van der Waals surface area contributed by atoms with Crippen LogP contribution in [0, 0.1) is 5.82 Å². The molecule has 3 N–H and O–H groups in total. The number of nitrogens with one attached hydrogen (secondary N) is 1. The highest BCUT2D eigenvalue weighted by Gasteiger charge is 2.43. The number of hydroxylamine groups is 1. The SMILES string of the molecule is CC(CCc1ccc(-c2ccc(O)cc2)c(F)c1)(C(=O)NO)S(C)(=O)=O. The molecule has 0 aliphatic carbocycles. The van der Waals surface area contributed by atoms with E-state index in [1.54, 1.807) is 24.3 Å². The molecule has 0 bridgehead atoms. The summed E-state index contributed by atoms with van der Waals surface area (Å²) in [6, 6.07) is 10.6. The average molecular weight is 381 g/mol. The van der Waals surface area contributed by atoms with Gasteiger partial charge in [0.2, 0.25) is 0 Å². The number of carbonyl (C=O) groups is 1. The molecule has 26 heavy (non-hydrogen) atoms. The van der Waals surface area contributed by atoms with Crippen LogP contribution in [0.5, 0.6) is 5.75 Å². The van der Waals surface area contributed by atoms with Crippen molar-refractivity contribution < 1.29 is 27.9 Å². The maximum absolute atomic E-state index is 14.4. The van der Waals surface area contributed by atoms with Gasteiger partial charge in [-0.3, -0.25) is 10.0 Å². The maximum atomic E-state index is 14.4. The third kappa shape index (κ3) is 4.03. The monoisotopic (exact) mass is 381 g/mol. The first-order chi connectivity index (χ1) is 12.1. The molecule has 0 heterocycles. The Morgan fingerprint density at radius 1 is 1.19 bits per heavy atom. The molecule has 1 atom stereocenters. The second kappa shape index (κ2) is 7.43. The molecule has 0 spiro atoms. The summed E-state index contributed by atoms with van der Waals surface area (Å²) in [4.78, 5) is 11.8. The highest BCUT2D eigenvalue weighted by molar-refractivity contribution is 7.92. The fourth-order valence-corrected chi connectivity index (χ4v) is 3.41. The minimum atomic E-state index is -3.80. The first-order valence-electron chi connectivity index (χ1n) is 7.80. The lowest BCUT2D eigenvalue weighted by molar-refractivity contribution is -0.131. The Hall–Kier alpha value is -2.45. The number of aryl methyl sites for hydroxylation is 1. The Balaban J connectivity index is 2.24. The van der Waals surface area contributed by atoms with Gasteiger partial charge in [0.1, 0.15) is 16.3 Å². The van der Waals surface area contributed by atoms with Crippen molar-refractivity contribution in [3.63, 3.8) is 0 Å². The van der Waals surface area contributed by atoms with Crippen molar-refractivity contribution in [2.45, 2.75) is 24.5 Å². The zero-order valence-electron chi connectivity index (χ0n) is 14.4. The number of hydrogen-bond donors (Lipinski definition) is 3. The Morgan fingerprint density at radius 2 is 1.81 bits per heavy atom. The highest BCUT2D eigenvalue weighted by atomic mass is 32.2. The number of aromatic hydroxyl groups is 1. The summed E-state index contributed by atoms with van der Waals surface area (Å²) < 4.78 is 36.5. The largest absolute Gasteiger partial charge is 0.508 e. The van der Waals surface area contributed by atoms with Gasteiger partial charge in [0.15, 0.2) is 9.84 Å². The molecule has 140 valence electrons. The van der Waals surface area contributed by atoms with Gasteiger partial charge in [-0.05, 0) is 49.1 Å². The molecule has 0 radical (unpaired) electrons. The van der Waals surface area contributed by atoms with E-state index in [1.807, 2.05) is 0 Å². The van der Waals surface area contributed by atoms with Crippen LogP contribution >= 0.6 is 0 Å². The highest BCUT2D eigenvalue weighted by Crippen LogP contribution is 2.28. The lowest BCUT2D eigenvalue weighted by atomic mass is 9.97. The molecule has 0 saturated carbocycles. The topological polar surface area (TPSA) is 104 Å². The second-order valence-electron chi connectivity index (χ2n) is 6.31. The number of phenolic OH excluding ortho intramolecular Hbond substituents is 1. The van der Waals surface area contributed by atoms with Crippen LogP contribution in [-0.2, 0) is 21.1 Å². The Kier molecular flexibility index (Phi) is 5.68. The third-order valence-electron chi connectivity index (χ3n) is 4.50. The number of rotatable bonds is 6. The number of hydrogen-bond acceptors (Lipinski definition) is 5. The lowest BCUT2D eigenvalue weighted by Gasteiger charge is -2.25. The van der Waals surface area contributed by atoms with Gasteiger partial charge in [-0.25, -0.2) is 18.3 Å². The van der Waals surface area contributed by atoms with Crippen molar-refractivity contribution in [1.29, 1.82) is 0 Å². The Morgan fingerprint density at radius 3 is 2.31 bits per heavy atom. The standard InChI is InChI=1S/C18H20FNO5S/c1-18(17(22)20-23,26(2,24)25)10-9-12-3-8-15(16(19)11-12)13-4-6-14(21)7-5-13/h3-8,11,21,23H,9-10H2,1-2H3,(H,20,22). The fourth-order valence-electron chi connectivity index (χ4n) is 2.56. The van der Waals surface area contributed by atoms with Crippen LogP contribution in [-0.4, -0.2) is 35.6 Å². The Labute approximate surface area is 151 Å². The second-order valence-corrected chi connectivity index (χ2v) is 8.75. The van der Waals surface area contributed by atoms with Crippen molar-refractivity contribution in [2.24, 2.45) is 0 Å².